The maximum Gasteiger partial charge on any atom is 0.373 e. The molecule has 4 heteroatoms. The van der Waals surface area contributed by atoms with Gasteiger partial charge in [-0.1, -0.05) is 0 Å². The summed E-state index contributed by atoms with van der Waals surface area (Å²) in [6.45, 7) is 8.46. The van der Waals surface area contributed by atoms with Gasteiger partial charge in [-0.15, -0.1) is 0 Å². The second kappa shape index (κ2) is 3.76. The highest BCUT2D eigenvalue weighted by Gasteiger charge is 2.17. The maximum absolute atomic E-state index is 10.9. The number of hydrogen-bond donors (Lipinski definition) is 0. The molecule has 4 nitrogen and oxygen atoms in total. The molecular formula is C9H9NO3. The summed E-state index contributed by atoms with van der Waals surface area (Å²) in [5.41, 5.74) is 0. The number of methoxy groups -OCH3 is 1. The van der Waals surface area contributed by atoms with E-state index >= 15 is 0 Å². The smallest absolute Gasteiger partial charge is 0.373 e. The number of rotatable bonds is 2. The fourth-order valence-electron chi connectivity index (χ4n) is 0.851. The third-order valence-electron chi connectivity index (χ3n) is 1.62. The van der Waals surface area contributed by atoms with Gasteiger partial charge in [0.1, 0.15) is 0 Å². The van der Waals surface area contributed by atoms with Crippen LogP contribution >= 0.6 is 0 Å². The van der Waals surface area contributed by atoms with E-state index in [0.29, 0.717) is 5.76 Å². The molecule has 0 aliphatic heterocycles. The predicted octanol–water partition coefficient (Wildman–Crippen LogP) is 2.05. The number of nitrogens with zero attached hydrogens (tertiary/aromatic N) is 1. The van der Waals surface area contributed by atoms with Crippen molar-refractivity contribution in [1.82, 2.24) is 0 Å². The molecule has 0 saturated carbocycles. The molecule has 1 aromatic rings. The van der Waals surface area contributed by atoms with Crippen LogP contribution in [-0.4, -0.2) is 13.1 Å². The summed E-state index contributed by atoms with van der Waals surface area (Å²) >= 11 is 0. The number of furan rings is 1. The minimum absolute atomic E-state index is 0.132. The predicted molar refractivity (Wildman–Crippen MR) is 45.1 cm³/mol. The number of esters is 1. The van der Waals surface area contributed by atoms with Crippen LogP contribution in [0, 0.1) is 6.57 Å². The number of ether oxygens (including phenoxy) is 1. The van der Waals surface area contributed by atoms with Gasteiger partial charge in [0.25, 0.3) is 6.04 Å². The molecule has 0 radical (unpaired) electrons. The lowest BCUT2D eigenvalue weighted by atomic mass is 10.3. The zero-order chi connectivity index (χ0) is 9.84. The number of carbonyl (C=O) groups is 1. The highest BCUT2D eigenvalue weighted by atomic mass is 16.5. The van der Waals surface area contributed by atoms with Crippen molar-refractivity contribution in [3.8, 4) is 0 Å². The van der Waals surface area contributed by atoms with Gasteiger partial charge < -0.3 is 14.0 Å². The van der Waals surface area contributed by atoms with Gasteiger partial charge >= 0.3 is 5.97 Å². The van der Waals surface area contributed by atoms with E-state index < -0.39 is 5.97 Å². The molecule has 1 atom stereocenters. The molecule has 1 heterocycles. The Balaban J connectivity index is 2.88. The molecule has 0 bridgehead atoms. The Kier molecular flexibility index (Phi) is 2.70. The molecule has 0 saturated heterocycles. The lowest BCUT2D eigenvalue weighted by molar-refractivity contribution is 0.0563. The summed E-state index contributed by atoms with van der Waals surface area (Å²) < 4.78 is 9.55. The summed E-state index contributed by atoms with van der Waals surface area (Å²) in [6.07, 6.45) is 0. The Morgan fingerprint density at radius 2 is 2.38 bits per heavy atom. The summed E-state index contributed by atoms with van der Waals surface area (Å²) in [5.74, 6) is 0.0897. The van der Waals surface area contributed by atoms with Gasteiger partial charge in [0.2, 0.25) is 5.76 Å². The molecule has 0 amide bonds. The van der Waals surface area contributed by atoms with Crippen LogP contribution in [0.2, 0.25) is 0 Å². The standard InChI is InChI=1S/C9H9NO3/c1-6(10-2)7-4-5-8(13-7)9(11)12-3/h4-6H,1,3H3. The summed E-state index contributed by atoms with van der Waals surface area (Å²) in [7, 11) is 1.28. The van der Waals surface area contributed by atoms with Gasteiger partial charge in [0, 0.05) is 6.92 Å². The van der Waals surface area contributed by atoms with Crippen LogP contribution in [0.5, 0.6) is 0 Å². The fraction of sp³-hybridized carbons (Fsp3) is 0.333. The molecule has 1 aromatic heterocycles. The van der Waals surface area contributed by atoms with Crippen molar-refractivity contribution in [2.24, 2.45) is 0 Å². The first-order chi connectivity index (χ1) is 6.19. The second-order valence-corrected chi connectivity index (χ2v) is 2.50. The van der Waals surface area contributed by atoms with Gasteiger partial charge in [0.05, 0.1) is 7.11 Å². The first-order valence-corrected chi connectivity index (χ1v) is 3.73. The summed E-state index contributed by atoms with van der Waals surface area (Å²) in [5, 5.41) is 0. The van der Waals surface area contributed by atoms with Crippen LogP contribution in [0.25, 0.3) is 4.85 Å². The normalized spacial score (nSPS) is 11.8. The molecule has 0 aliphatic rings. The van der Waals surface area contributed by atoms with E-state index in [-0.39, 0.29) is 11.8 Å². The number of hydrogen-bond acceptors (Lipinski definition) is 3. The quantitative estimate of drug-likeness (QED) is 0.515. The number of carbonyl (C=O) groups excluding carboxylic acids is 1. The van der Waals surface area contributed by atoms with E-state index in [4.69, 9.17) is 11.0 Å². The molecule has 0 fully saturated rings. The molecule has 1 unspecified atom stereocenters. The van der Waals surface area contributed by atoms with Crippen LogP contribution in [0.15, 0.2) is 16.5 Å². The minimum atomic E-state index is -0.525. The SMILES string of the molecule is [C-]#[N+]C(C)c1ccc(C(=O)OC)o1. The average Bonchev–Trinajstić information content (AvgIpc) is 2.64. The van der Waals surface area contributed by atoms with Gasteiger partial charge in [0.15, 0.2) is 5.76 Å². The van der Waals surface area contributed by atoms with Crippen molar-refractivity contribution in [3.63, 3.8) is 0 Å². The molecule has 68 valence electrons. The lowest BCUT2D eigenvalue weighted by Crippen LogP contribution is -1.98. The zero-order valence-corrected chi connectivity index (χ0v) is 7.40. The third-order valence-corrected chi connectivity index (χ3v) is 1.62. The van der Waals surface area contributed by atoms with E-state index in [0.717, 1.165) is 0 Å². The van der Waals surface area contributed by atoms with Crippen molar-refractivity contribution in [3.05, 3.63) is 35.1 Å². The Morgan fingerprint density at radius 3 is 2.92 bits per heavy atom. The Morgan fingerprint density at radius 1 is 1.69 bits per heavy atom. The topological polar surface area (TPSA) is 43.8 Å². The van der Waals surface area contributed by atoms with Gasteiger partial charge in [-0.25, -0.2) is 11.4 Å². The molecule has 13 heavy (non-hydrogen) atoms. The van der Waals surface area contributed by atoms with E-state index in [1.165, 1.54) is 13.2 Å². The van der Waals surface area contributed by atoms with Crippen molar-refractivity contribution in [2.75, 3.05) is 7.11 Å². The van der Waals surface area contributed by atoms with Crippen molar-refractivity contribution in [1.29, 1.82) is 0 Å². The summed E-state index contributed by atoms with van der Waals surface area (Å²) in [4.78, 5) is 14.2. The Bertz CT molecular complexity index is 348. The fourth-order valence-corrected chi connectivity index (χ4v) is 0.851. The van der Waals surface area contributed by atoms with E-state index in [9.17, 15) is 4.79 Å². The monoisotopic (exact) mass is 179 g/mol. The second-order valence-electron chi connectivity index (χ2n) is 2.50. The average molecular weight is 179 g/mol. The van der Waals surface area contributed by atoms with Crippen LogP contribution in [0.3, 0.4) is 0 Å². The van der Waals surface area contributed by atoms with Crippen LogP contribution in [-0.2, 0) is 4.74 Å². The largest absolute Gasteiger partial charge is 0.463 e. The molecule has 0 aliphatic carbocycles. The van der Waals surface area contributed by atoms with Crippen LogP contribution in [0.4, 0.5) is 0 Å². The maximum atomic E-state index is 10.9. The molecule has 0 spiro atoms. The first-order valence-electron chi connectivity index (χ1n) is 3.73. The Hall–Kier alpha value is -1.76. The third kappa shape index (κ3) is 1.88. The lowest BCUT2D eigenvalue weighted by Gasteiger charge is -1.94. The first kappa shape index (κ1) is 9.33. The zero-order valence-electron chi connectivity index (χ0n) is 7.40. The summed E-state index contributed by atoms with van der Waals surface area (Å²) in [6, 6.07) is 2.75. The van der Waals surface area contributed by atoms with E-state index in [1.807, 2.05) is 0 Å². The van der Waals surface area contributed by atoms with Gasteiger partial charge in [-0.2, -0.15) is 0 Å². The van der Waals surface area contributed by atoms with Crippen LogP contribution < -0.4 is 0 Å². The van der Waals surface area contributed by atoms with Crippen molar-refractivity contribution >= 4 is 5.97 Å². The highest BCUT2D eigenvalue weighted by molar-refractivity contribution is 5.86. The van der Waals surface area contributed by atoms with Crippen molar-refractivity contribution in [2.45, 2.75) is 13.0 Å². The Labute approximate surface area is 75.9 Å². The highest BCUT2D eigenvalue weighted by Crippen LogP contribution is 2.19. The molecule has 1 rings (SSSR count). The van der Waals surface area contributed by atoms with Crippen LogP contribution in [0.1, 0.15) is 29.3 Å². The van der Waals surface area contributed by atoms with Gasteiger partial charge in [-0.05, 0) is 12.1 Å². The van der Waals surface area contributed by atoms with E-state index in [1.54, 1.807) is 13.0 Å². The van der Waals surface area contributed by atoms with Gasteiger partial charge in [-0.3, -0.25) is 0 Å². The van der Waals surface area contributed by atoms with Crippen molar-refractivity contribution < 1.29 is 13.9 Å². The molecule has 0 aromatic carbocycles. The minimum Gasteiger partial charge on any atom is -0.463 e. The molecule has 0 N–H and O–H groups in total. The molecular weight excluding hydrogens is 170 g/mol. The van der Waals surface area contributed by atoms with E-state index in [2.05, 4.69) is 9.58 Å².